The standard InChI is InChI=1S/C17H28N3O4P/c1-12(2)11-16(21)20-15-7-5-14(6-8-15)17(22)18-9-10-19-25(23,24)13(3)4/h5-8,12-13H,9-11H2,1-4H3,(H,18,22)(H,20,21)(H2,19,23,24). The lowest BCUT2D eigenvalue weighted by atomic mass is 10.1. The van der Waals surface area contributed by atoms with E-state index in [-0.39, 0.29) is 36.5 Å². The van der Waals surface area contributed by atoms with Crippen molar-refractivity contribution < 1.29 is 19.0 Å². The van der Waals surface area contributed by atoms with Gasteiger partial charge >= 0.3 is 0 Å². The highest BCUT2D eigenvalue weighted by Gasteiger charge is 2.21. The maximum Gasteiger partial charge on any atom is 0.269 e. The van der Waals surface area contributed by atoms with Gasteiger partial charge in [0.05, 0.1) is 0 Å². The Morgan fingerprint density at radius 3 is 2.20 bits per heavy atom. The molecule has 0 saturated carbocycles. The molecule has 0 saturated heterocycles. The molecule has 0 heterocycles. The van der Waals surface area contributed by atoms with E-state index in [1.807, 2.05) is 13.8 Å². The van der Waals surface area contributed by atoms with Crippen LogP contribution in [-0.4, -0.2) is 35.5 Å². The van der Waals surface area contributed by atoms with E-state index in [4.69, 9.17) is 0 Å². The van der Waals surface area contributed by atoms with Crippen LogP contribution >= 0.6 is 7.52 Å². The SMILES string of the molecule is CC(C)CC(=O)Nc1ccc(C(=O)NCCNP(=O)(O)C(C)C)cc1. The van der Waals surface area contributed by atoms with Crippen LogP contribution in [0.1, 0.15) is 44.5 Å². The fourth-order valence-corrected chi connectivity index (χ4v) is 2.76. The van der Waals surface area contributed by atoms with Crippen LogP contribution in [0.15, 0.2) is 24.3 Å². The number of nitrogens with one attached hydrogen (secondary N) is 3. The Bertz CT molecular complexity index is 629. The Morgan fingerprint density at radius 2 is 1.68 bits per heavy atom. The predicted molar refractivity (Wildman–Crippen MR) is 99.8 cm³/mol. The molecule has 1 atom stereocenters. The number of hydrogen-bond acceptors (Lipinski definition) is 3. The molecule has 140 valence electrons. The van der Waals surface area contributed by atoms with Crippen LogP contribution in [0.5, 0.6) is 0 Å². The monoisotopic (exact) mass is 369 g/mol. The molecular formula is C17H28N3O4P. The minimum absolute atomic E-state index is 0.0585. The van der Waals surface area contributed by atoms with E-state index < -0.39 is 7.52 Å². The molecule has 25 heavy (non-hydrogen) atoms. The molecule has 0 radical (unpaired) electrons. The van der Waals surface area contributed by atoms with E-state index in [1.54, 1.807) is 38.1 Å². The summed E-state index contributed by atoms with van der Waals surface area (Å²) in [7, 11) is -3.37. The summed E-state index contributed by atoms with van der Waals surface area (Å²) in [5, 5.41) is 8.02. The van der Waals surface area contributed by atoms with E-state index >= 15 is 0 Å². The molecule has 0 fully saturated rings. The van der Waals surface area contributed by atoms with Crippen molar-refractivity contribution in [3.05, 3.63) is 29.8 Å². The third-order valence-electron chi connectivity index (χ3n) is 3.47. The Balaban J connectivity index is 2.44. The highest BCUT2D eigenvalue weighted by Crippen LogP contribution is 2.40. The van der Waals surface area contributed by atoms with Gasteiger partial charge in [0.1, 0.15) is 0 Å². The summed E-state index contributed by atoms with van der Waals surface area (Å²) in [5.74, 6) is -0.0559. The molecule has 2 amide bonds. The lowest BCUT2D eigenvalue weighted by Crippen LogP contribution is -2.31. The highest BCUT2D eigenvalue weighted by molar-refractivity contribution is 7.56. The average Bonchev–Trinajstić information content (AvgIpc) is 2.51. The second-order valence-electron chi connectivity index (χ2n) is 6.60. The quantitative estimate of drug-likeness (QED) is 0.395. The van der Waals surface area contributed by atoms with Crippen molar-refractivity contribution in [1.29, 1.82) is 0 Å². The molecule has 8 heteroatoms. The molecule has 0 bridgehead atoms. The van der Waals surface area contributed by atoms with Crippen molar-refractivity contribution in [2.75, 3.05) is 18.4 Å². The summed E-state index contributed by atoms with van der Waals surface area (Å²) >= 11 is 0. The first kappa shape index (κ1) is 21.4. The van der Waals surface area contributed by atoms with Crippen LogP contribution in [0.4, 0.5) is 5.69 Å². The summed E-state index contributed by atoms with van der Waals surface area (Å²) in [4.78, 5) is 33.4. The second kappa shape index (κ2) is 9.70. The molecule has 1 aromatic carbocycles. The molecule has 7 nitrogen and oxygen atoms in total. The van der Waals surface area contributed by atoms with Gasteiger partial charge in [-0.05, 0) is 30.2 Å². The molecule has 4 N–H and O–H groups in total. The van der Waals surface area contributed by atoms with Crippen molar-refractivity contribution >= 4 is 25.0 Å². The first-order valence-electron chi connectivity index (χ1n) is 8.37. The number of benzene rings is 1. The van der Waals surface area contributed by atoms with Crippen LogP contribution < -0.4 is 15.7 Å². The number of rotatable bonds is 9. The molecule has 0 spiro atoms. The molecule has 0 aliphatic rings. The van der Waals surface area contributed by atoms with Gasteiger partial charge in [0.15, 0.2) is 0 Å². The van der Waals surface area contributed by atoms with Crippen molar-refractivity contribution in [3.8, 4) is 0 Å². The van der Waals surface area contributed by atoms with Gasteiger partial charge in [-0.1, -0.05) is 27.7 Å². The zero-order valence-corrected chi connectivity index (χ0v) is 16.1. The highest BCUT2D eigenvalue weighted by atomic mass is 31.2. The van der Waals surface area contributed by atoms with E-state index in [0.717, 1.165) is 0 Å². The third-order valence-corrected chi connectivity index (χ3v) is 5.55. The van der Waals surface area contributed by atoms with Crippen molar-refractivity contribution in [2.24, 2.45) is 5.92 Å². The van der Waals surface area contributed by atoms with Gasteiger partial charge in [-0.15, -0.1) is 0 Å². The van der Waals surface area contributed by atoms with Crippen LogP contribution in [0.25, 0.3) is 0 Å². The largest absolute Gasteiger partial charge is 0.351 e. The number of carbonyl (C=O) groups is 2. The fourth-order valence-electron chi connectivity index (χ4n) is 1.96. The Hall–Kier alpha value is -1.69. The molecule has 0 aliphatic heterocycles. The van der Waals surface area contributed by atoms with E-state index in [0.29, 0.717) is 17.7 Å². The molecule has 1 unspecified atom stereocenters. The van der Waals surface area contributed by atoms with E-state index in [1.165, 1.54) is 0 Å². The maximum absolute atomic E-state index is 12.0. The zero-order valence-electron chi connectivity index (χ0n) is 15.2. The zero-order chi connectivity index (χ0) is 19.0. The fraction of sp³-hybridized carbons (Fsp3) is 0.529. The van der Waals surface area contributed by atoms with E-state index in [2.05, 4.69) is 15.7 Å². The molecule has 0 aliphatic carbocycles. The first-order chi connectivity index (χ1) is 11.6. The predicted octanol–water partition coefficient (Wildman–Crippen LogP) is 2.58. The number of carbonyl (C=O) groups excluding carboxylic acids is 2. The lowest BCUT2D eigenvalue weighted by molar-refractivity contribution is -0.116. The summed E-state index contributed by atoms with van der Waals surface area (Å²) in [6.07, 6.45) is 0.445. The molecule has 1 rings (SSSR count). The Morgan fingerprint density at radius 1 is 1.08 bits per heavy atom. The van der Waals surface area contributed by atoms with Gasteiger partial charge in [0, 0.05) is 36.4 Å². The summed E-state index contributed by atoms with van der Waals surface area (Å²) < 4.78 is 11.7. The molecular weight excluding hydrogens is 341 g/mol. The smallest absolute Gasteiger partial charge is 0.269 e. The first-order valence-corrected chi connectivity index (χ1v) is 10.1. The average molecular weight is 369 g/mol. The van der Waals surface area contributed by atoms with Gasteiger partial charge < -0.3 is 15.5 Å². The summed E-state index contributed by atoms with van der Waals surface area (Å²) in [6.45, 7) is 7.71. The van der Waals surface area contributed by atoms with Crippen LogP contribution in [0, 0.1) is 5.92 Å². The lowest BCUT2D eigenvalue weighted by Gasteiger charge is -2.16. The Kier molecular flexibility index (Phi) is 8.29. The maximum atomic E-state index is 12.0. The van der Waals surface area contributed by atoms with Crippen LogP contribution in [0.2, 0.25) is 0 Å². The number of hydrogen-bond donors (Lipinski definition) is 4. The third kappa shape index (κ3) is 7.82. The summed E-state index contributed by atoms with van der Waals surface area (Å²) in [6, 6.07) is 6.59. The second-order valence-corrected chi connectivity index (χ2v) is 9.20. The number of amides is 2. The van der Waals surface area contributed by atoms with Crippen molar-refractivity contribution in [3.63, 3.8) is 0 Å². The minimum atomic E-state index is -3.37. The molecule has 1 aromatic rings. The van der Waals surface area contributed by atoms with Crippen LogP contribution in [-0.2, 0) is 9.36 Å². The van der Waals surface area contributed by atoms with Crippen LogP contribution in [0.3, 0.4) is 0 Å². The van der Waals surface area contributed by atoms with Crippen molar-refractivity contribution in [1.82, 2.24) is 10.4 Å². The number of anilines is 1. The normalized spacial score (nSPS) is 13.6. The minimum Gasteiger partial charge on any atom is -0.351 e. The van der Waals surface area contributed by atoms with Crippen molar-refractivity contribution in [2.45, 2.75) is 39.8 Å². The van der Waals surface area contributed by atoms with Gasteiger partial charge in [-0.25, -0.2) is 5.09 Å². The van der Waals surface area contributed by atoms with Gasteiger partial charge in [-0.2, -0.15) is 0 Å². The van der Waals surface area contributed by atoms with Gasteiger partial charge in [0.2, 0.25) is 5.91 Å². The topological polar surface area (TPSA) is 108 Å². The molecule has 0 aromatic heterocycles. The Labute approximate surface area is 149 Å². The van der Waals surface area contributed by atoms with Gasteiger partial charge in [0.25, 0.3) is 13.4 Å². The van der Waals surface area contributed by atoms with E-state index in [9.17, 15) is 19.0 Å². The van der Waals surface area contributed by atoms with Gasteiger partial charge in [-0.3, -0.25) is 14.2 Å². The summed E-state index contributed by atoms with van der Waals surface area (Å²) in [5.41, 5.74) is 0.724.